The number of anilines is 1. The Balaban J connectivity index is 2.37. The van der Waals surface area contributed by atoms with E-state index in [0.29, 0.717) is 16.8 Å². The number of nitro groups is 1. The predicted octanol–water partition coefficient (Wildman–Crippen LogP) is 3.17. The van der Waals surface area contributed by atoms with Crippen LogP contribution < -0.4 is 5.32 Å². The Labute approximate surface area is 121 Å². The van der Waals surface area contributed by atoms with Gasteiger partial charge < -0.3 is 10.4 Å². The van der Waals surface area contributed by atoms with E-state index in [9.17, 15) is 20.0 Å². The summed E-state index contributed by atoms with van der Waals surface area (Å²) in [6.45, 7) is 3.31. The van der Waals surface area contributed by atoms with Gasteiger partial charge in [-0.25, -0.2) is 0 Å². The lowest BCUT2D eigenvalue weighted by Crippen LogP contribution is -2.15. The second kappa shape index (κ2) is 5.62. The molecule has 0 atom stereocenters. The van der Waals surface area contributed by atoms with Crippen LogP contribution in [0.3, 0.4) is 0 Å². The number of aromatic hydroxyl groups is 1. The first-order chi connectivity index (χ1) is 9.90. The third-order valence-corrected chi connectivity index (χ3v) is 3.12. The fourth-order valence-electron chi connectivity index (χ4n) is 2.06. The maximum absolute atomic E-state index is 12.3. The maximum atomic E-state index is 12.3. The molecule has 0 spiro atoms. The standard InChI is InChI=1S/C15H14N2O4/c1-9-4-3-5-12(14(9)17(20)21)15(19)16-13-7-6-11(18)8-10(13)2/h3-8,18H,1-2H3,(H,16,19). The summed E-state index contributed by atoms with van der Waals surface area (Å²) in [5, 5.41) is 23.1. The average Bonchev–Trinajstić information content (AvgIpc) is 2.41. The number of para-hydroxylation sites is 1. The molecule has 0 aliphatic rings. The van der Waals surface area contributed by atoms with Crippen LogP contribution in [0.1, 0.15) is 21.5 Å². The number of carbonyl (C=O) groups is 1. The number of nitrogens with one attached hydrogen (secondary N) is 1. The number of phenolic OH excluding ortho intramolecular Hbond substituents is 1. The van der Waals surface area contributed by atoms with Gasteiger partial charge in [-0.1, -0.05) is 12.1 Å². The van der Waals surface area contributed by atoms with E-state index in [-0.39, 0.29) is 17.0 Å². The SMILES string of the molecule is Cc1cc(O)ccc1NC(=O)c1cccc(C)c1[N+](=O)[O-]. The average molecular weight is 286 g/mol. The molecule has 0 unspecified atom stereocenters. The molecule has 0 bridgehead atoms. The van der Waals surface area contributed by atoms with Gasteiger partial charge in [0.1, 0.15) is 11.3 Å². The van der Waals surface area contributed by atoms with Crippen LogP contribution in [0, 0.1) is 24.0 Å². The lowest BCUT2D eigenvalue weighted by atomic mass is 10.1. The Morgan fingerprint density at radius 2 is 1.90 bits per heavy atom. The number of amides is 1. The number of hydrogen-bond acceptors (Lipinski definition) is 4. The molecule has 0 aliphatic carbocycles. The second-order valence-electron chi connectivity index (χ2n) is 4.68. The zero-order chi connectivity index (χ0) is 15.6. The van der Waals surface area contributed by atoms with Crippen molar-refractivity contribution >= 4 is 17.3 Å². The number of nitrogens with zero attached hydrogens (tertiary/aromatic N) is 1. The number of hydrogen-bond donors (Lipinski definition) is 2. The number of phenols is 1. The minimum atomic E-state index is -0.562. The predicted molar refractivity (Wildman–Crippen MR) is 78.6 cm³/mol. The second-order valence-corrected chi connectivity index (χ2v) is 4.68. The summed E-state index contributed by atoms with van der Waals surface area (Å²) in [6, 6.07) is 9.08. The molecule has 0 saturated carbocycles. The zero-order valence-corrected chi connectivity index (χ0v) is 11.6. The van der Waals surface area contributed by atoms with E-state index < -0.39 is 10.8 Å². The van der Waals surface area contributed by atoms with Gasteiger partial charge in [0.2, 0.25) is 0 Å². The van der Waals surface area contributed by atoms with Crippen molar-refractivity contribution in [3.8, 4) is 5.75 Å². The fraction of sp³-hybridized carbons (Fsp3) is 0.133. The highest BCUT2D eigenvalue weighted by atomic mass is 16.6. The molecule has 0 saturated heterocycles. The summed E-state index contributed by atoms with van der Waals surface area (Å²) >= 11 is 0. The van der Waals surface area contributed by atoms with Crippen LogP contribution in [0.15, 0.2) is 36.4 Å². The third-order valence-electron chi connectivity index (χ3n) is 3.12. The van der Waals surface area contributed by atoms with Gasteiger partial charge in [0.05, 0.1) is 4.92 Å². The first kappa shape index (κ1) is 14.5. The van der Waals surface area contributed by atoms with E-state index in [1.807, 2.05) is 0 Å². The zero-order valence-electron chi connectivity index (χ0n) is 11.6. The Bertz CT molecular complexity index is 726. The lowest BCUT2D eigenvalue weighted by Gasteiger charge is -2.09. The van der Waals surface area contributed by atoms with Crippen LogP contribution in [0.25, 0.3) is 0 Å². The summed E-state index contributed by atoms with van der Waals surface area (Å²) in [4.78, 5) is 22.8. The first-order valence-electron chi connectivity index (χ1n) is 6.25. The molecule has 2 aromatic rings. The van der Waals surface area contributed by atoms with Crippen molar-refractivity contribution < 1.29 is 14.8 Å². The van der Waals surface area contributed by atoms with E-state index in [1.165, 1.54) is 18.2 Å². The highest BCUT2D eigenvalue weighted by Crippen LogP contribution is 2.25. The number of carbonyl (C=O) groups excluding carboxylic acids is 1. The van der Waals surface area contributed by atoms with Crippen LogP contribution >= 0.6 is 0 Å². The fourth-order valence-corrected chi connectivity index (χ4v) is 2.06. The largest absolute Gasteiger partial charge is 0.508 e. The van der Waals surface area contributed by atoms with Crippen molar-refractivity contribution in [2.24, 2.45) is 0 Å². The van der Waals surface area contributed by atoms with Gasteiger partial charge >= 0.3 is 0 Å². The molecule has 0 fully saturated rings. The van der Waals surface area contributed by atoms with Crippen LogP contribution in [0.2, 0.25) is 0 Å². The van der Waals surface area contributed by atoms with E-state index in [2.05, 4.69) is 5.32 Å². The molecule has 2 rings (SSSR count). The van der Waals surface area contributed by atoms with Gasteiger partial charge in [-0.15, -0.1) is 0 Å². The molecule has 6 nitrogen and oxygen atoms in total. The lowest BCUT2D eigenvalue weighted by molar-refractivity contribution is -0.385. The van der Waals surface area contributed by atoms with Crippen molar-refractivity contribution in [2.75, 3.05) is 5.32 Å². The molecular formula is C15H14N2O4. The van der Waals surface area contributed by atoms with E-state index in [4.69, 9.17) is 0 Å². The summed E-state index contributed by atoms with van der Waals surface area (Å²) in [6.07, 6.45) is 0. The van der Waals surface area contributed by atoms with Crippen molar-refractivity contribution in [1.29, 1.82) is 0 Å². The Hall–Kier alpha value is -2.89. The molecule has 0 aliphatic heterocycles. The summed E-state index contributed by atoms with van der Waals surface area (Å²) in [7, 11) is 0. The molecule has 0 radical (unpaired) electrons. The molecule has 6 heteroatoms. The Kier molecular flexibility index (Phi) is 3.89. The Morgan fingerprint density at radius 1 is 1.19 bits per heavy atom. The highest BCUT2D eigenvalue weighted by molar-refractivity contribution is 6.07. The summed E-state index contributed by atoms with van der Waals surface area (Å²) < 4.78 is 0. The summed E-state index contributed by atoms with van der Waals surface area (Å²) in [5.74, 6) is -0.466. The van der Waals surface area contributed by atoms with Gasteiger partial charge in [-0.2, -0.15) is 0 Å². The monoisotopic (exact) mass is 286 g/mol. The normalized spacial score (nSPS) is 10.2. The van der Waals surface area contributed by atoms with Crippen molar-refractivity contribution in [3.63, 3.8) is 0 Å². The molecule has 0 heterocycles. The van der Waals surface area contributed by atoms with Gasteiger partial charge in [0.25, 0.3) is 11.6 Å². The van der Waals surface area contributed by atoms with Crippen LogP contribution in [0.5, 0.6) is 5.75 Å². The smallest absolute Gasteiger partial charge is 0.285 e. The molecule has 2 aromatic carbocycles. The van der Waals surface area contributed by atoms with Gasteiger partial charge in [0, 0.05) is 11.3 Å². The van der Waals surface area contributed by atoms with Gasteiger partial charge in [-0.3, -0.25) is 14.9 Å². The highest BCUT2D eigenvalue weighted by Gasteiger charge is 2.22. The van der Waals surface area contributed by atoms with Crippen LogP contribution in [-0.2, 0) is 0 Å². The van der Waals surface area contributed by atoms with E-state index in [1.54, 1.807) is 32.0 Å². The molecule has 21 heavy (non-hydrogen) atoms. The van der Waals surface area contributed by atoms with Crippen molar-refractivity contribution in [2.45, 2.75) is 13.8 Å². The van der Waals surface area contributed by atoms with Gasteiger partial charge in [-0.05, 0) is 43.7 Å². The van der Waals surface area contributed by atoms with E-state index >= 15 is 0 Å². The molecule has 1 amide bonds. The topological polar surface area (TPSA) is 92.5 Å². The van der Waals surface area contributed by atoms with Crippen molar-refractivity contribution in [1.82, 2.24) is 0 Å². The molecule has 2 N–H and O–H groups in total. The van der Waals surface area contributed by atoms with E-state index in [0.717, 1.165) is 0 Å². The summed E-state index contributed by atoms with van der Waals surface area (Å²) in [5.41, 5.74) is 1.39. The van der Waals surface area contributed by atoms with Crippen LogP contribution in [0.4, 0.5) is 11.4 Å². The first-order valence-corrected chi connectivity index (χ1v) is 6.25. The quantitative estimate of drug-likeness (QED) is 0.515. The molecule has 108 valence electrons. The van der Waals surface area contributed by atoms with Crippen molar-refractivity contribution in [3.05, 3.63) is 63.2 Å². The minimum absolute atomic E-state index is 0.00692. The third kappa shape index (κ3) is 3.00. The molecular weight excluding hydrogens is 272 g/mol. The minimum Gasteiger partial charge on any atom is -0.508 e. The number of nitro benzene ring substituents is 1. The molecule has 0 aromatic heterocycles. The number of benzene rings is 2. The number of rotatable bonds is 3. The van der Waals surface area contributed by atoms with Crippen LogP contribution in [-0.4, -0.2) is 15.9 Å². The van der Waals surface area contributed by atoms with Gasteiger partial charge in [0.15, 0.2) is 0 Å². The number of aryl methyl sites for hydroxylation is 2. The Morgan fingerprint density at radius 3 is 2.52 bits per heavy atom. The maximum Gasteiger partial charge on any atom is 0.285 e.